The van der Waals surface area contributed by atoms with Crippen molar-refractivity contribution < 1.29 is 23.8 Å². The van der Waals surface area contributed by atoms with Gasteiger partial charge in [0.15, 0.2) is 11.5 Å². The Balaban J connectivity index is 1.92. The summed E-state index contributed by atoms with van der Waals surface area (Å²) in [5.74, 6) is -2.22. The van der Waals surface area contributed by atoms with Crippen molar-refractivity contribution in [3.63, 3.8) is 0 Å². The van der Waals surface area contributed by atoms with Gasteiger partial charge in [-0.15, -0.1) is 0 Å². The predicted molar refractivity (Wildman–Crippen MR) is 123 cm³/mol. The molecule has 35 heavy (non-hydrogen) atoms. The maximum atomic E-state index is 13.4. The zero-order chi connectivity index (χ0) is 25.3. The van der Waals surface area contributed by atoms with Crippen LogP contribution in [0.1, 0.15) is 34.8 Å². The number of amides is 2. The summed E-state index contributed by atoms with van der Waals surface area (Å²) in [5, 5.41) is 24.5. The van der Waals surface area contributed by atoms with Crippen LogP contribution < -0.4 is 20.9 Å². The van der Waals surface area contributed by atoms with Gasteiger partial charge in [0.25, 0.3) is 17.4 Å². The molecule has 2 amide bonds. The summed E-state index contributed by atoms with van der Waals surface area (Å²) in [4.78, 5) is 43.1. The molecule has 10 nitrogen and oxygen atoms in total. The van der Waals surface area contributed by atoms with Crippen LogP contribution in [0.2, 0.25) is 0 Å². The first kappa shape index (κ1) is 23.7. The minimum atomic E-state index is -1.57. The highest BCUT2D eigenvalue weighted by Crippen LogP contribution is 2.40. The number of rotatable bonds is 6. The zero-order valence-corrected chi connectivity index (χ0v) is 19.0. The molecule has 2 aromatic heterocycles. The molecule has 1 aliphatic rings. The van der Waals surface area contributed by atoms with Crippen molar-refractivity contribution in [2.75, 3.05) is 13.6 Å². The monoisotopic (exact) mass is 479 g/mol. The molecule has 0 spiro atoms. The Kier molecular flexibility index (Phi) is 6.13. The molecule has 4 rings (SSSR count). The lowest BCUT2D eigenvalue weighted by Gasteiger charge is -2.36. The van der Waals surface area contributed by atoms with Gasteiger partial charge in [0.1, 0.15) is 22.4 Å². The predicted octanol–water partition coefficient (Wildman–Crippen LogP) is 1.37. The molecule has 3 N–H and O–H groups in total. The van der Waals surface area contributed by atoms with E-state index in [1.807, 2.05) is 6.07 Å². The first-order chi connectivity index (χ1) is 16.7. The number of aromatic hydroxyl groups is 1. The summed E-state index contributed by atoms with van der Waals surface area (Å²) in [6, 6.07) is 7.72. The number of carbonyl (C=O) groups is 2. The highest BCUT2D eigenvalue weighted by Gasteiger charge is 2.43. The van der Waals surface area contributed by atoms with Gasteiger partial charge in [0, 0.05) is 31.8 Å². The number of pyridine rings is 2. The summed E-state index contributed by atoms with van der Waals surface area (Å²) in [5.41, 5.74) is -1.57. The van der Waals surface area contributed by atoms with E-state index in [0.717, 1.165) is 5.56 Å². The van der Waals surface area contributed by atoms with E-state index >= 15 is 0 Å². The average molecular weight is 479 g/mol. The highest BCUT2D eigenvalue weighted by atomic mass is 19.1. The number of nitriles is 1. The number of halogens is 1. The number of ether oxygens (including phenoxy) is 1. The number of carbonyl (C=O) groups excluding carboxylic acids is 2. The summed E-state index contributed by atoms with van der Waals surface area (Å²) in [6.45, 7) is 1.31. The van der Waals surface area contributed by atoms with Gasteiger partial charge in [0.05, 0.1) is 19.0 Å². The third kappa shape index (κ3) is 4.14. The lowest BCUT2D eigenvalue weighted by atomic mass is 9.98. The Labute approximate surface area is 199 Å². The quantitative estimate of drug-likeness (QED) is 0.453. The summed E-state index contributed by atoms with van der Waals surface area (Å²) in [7, 11) is 1.32. The van der Waals surface area contributed by atoms with Crippen LogP contribution in [0, 0.1) is 17.1 Å². The fourth-order valence-electron chi connectivity index (χ4n) is 4.04. The zero-order valence-electron chi connectivity index (χ0n) is 19.0. The fourth-order valence-corrected chi connectivity index (χ4v) is 4.04. The van der Waals surface area contributed by atoms with E-state index in [9.17, 15) is 23.9 Å². The molecule has 1 atom stereocenters. The molecule has 1 aromatic carbocycles. The van der Waals surface area contributed by atoms with Crippen molar-refractivity contribution in [3.8, 4) is 17.6 Å². The van der Waals surface area contributed by atoms with E-state index in [4.69, 9.17) is 10.00 Å². The number of hydrogen-bond donors (Lipinski definition) is 3. The highest BCUT2D eigenvalue weighted by molar-refractivity contribution is 6.02. The van der Waals surface area contributed by atoms with E-state index in [0.29, 0.717) is 5.56 Å². The van der Waals surface area contributed by atoms with Gasteiger partial charge < -0.3 is 20.5 Å². The Morgan fingerprint density at radius 3 is 2.71 bits per heavy atom. The van der Waals surface area contributed by atoms with Crippen LogP contribution in [-0.2, 0) is 17.8 Å². The normalized spacial score (nSPS) is 16.3. The summed E-state index contributed by atoms with van der Waals surface area (Å²) in [6.07, 6.45) is 1.74. The fraction of sp³-hybridized carbons (Fsp3) is 0.292. The molecule has 1 aliphatic heterocycles. The smallest absolute Gasteiger partial charge is 0.268 e. The van der Waals surface area contributed by atoms with Crippen LogP contribution in [0.25, 0.3) is 11.0 Å². The topological polar surface area (TPSA) is 146 Å². The lowest BCUT2D eigenvalue weighted by molar-refractivity contribution is -0.137. The van der Waals surface area contributed by atoms with Crippen molar-refractivity contribution in [3.05, 3.63) is 63.3 Å². The second-order valence-electron chi connectivity index (χ2n) is 8.30. The van der Waals surface area contributed by atoms with Crippen molar-refractivity contribution in [1.82, 2.24) is 20.2 Å². The third-order valence-corrected chi connectivity index (χ3v) is 5.82. The Morgan fingerprint density at radius 2 is 2.06 bits per heavy atom. The number of hydrogen-bond acceptors (Lipinski definition) is 7. The maximum Gasteiger partial charge on any atom is 0.268 e. The molecule has 0 fully saturated rings. The van der Waals surface area contributed by atoms with Crippen molar-refractivity contribution in [1.29, 1.82) is 5.26 Å². The molecule has 0 bridgehead atoms. The standard InChI is InChI=1S/C24H22FN5O5/c1-24(23(34)28-9-3-8-26)12-30-18-17(19(31)16(22(30)33)21(32)27-2)29-11-14(20(18)35-24)10-13-4-6-15(25)7-5-13/h4-7,11,31H,3,9-10,12H2,1-2H3,(H,27,32)(H,28,34)/t24-/m1/s1. The van der Waals surface area contributed by atoms with E-state index in [2.05, 4.69) is 15.6 Å². The molecule has 0 saturated heterocycles. The Hall–Kier alpha value is -4.46. The van der Waals surface area contributed by atoms with E-state index in [1.165, 1.54) is 36.9 Å². The van der Waals surface area contributed by atoms with Gasteiger partial charge in [-0.05, 0) is 24.6 Å². The van der Waals surface area contributed by atoms with Crippen LogP contribution in [0.3, 0.4) is 0 Å². The SMILES string of the molecule is CNC(=O)c1c(O)c2ncc(Cc3ccc(F)cc3)c3c2n(c1=O)C[C@](C)(C(=O)NCCC#N)O3. The van der Waals surface area contributed by atoms with Crippen LogP contribution >= 0.6 is 0 Å². The number of aromatic nitrogens is 2. The number of benzene rings is 1. The Bertz CT molecular complexity index is 1440. The minimum Gasteiger partial charge on any atom is -0.505 e. The van der Waals surface area contributed by atoms with Gasteiger partial charge in [-0.3, -0.25) is 23.9 Å². The lowest BCUT2D eigenvalue weighted by Crippen LogP contribution is -2.55. The van der Waals surface area contributed by atoms with Crippen LogP contribution in [0.5, 0.6) is 11.5 Å². The van der Waals surface area contributed by atoms with Gasteiger partial charge in [0.2, 0.25) is 5.60 Å². The second-order valence-corrected chi connectivity index (χ2v) is 8.30. The molecule has 11 heteroatoms. The van der Waals surface area contributed by atoms with Crippen LogP contribution in [0.4, 0.5) is 4.39 Å². The Morgan fingerprint density at radius 1 is 1.34 bits per heavy atom. The van der Waals surface area contributed by atoms with E-state index < -0.39 is 40.1 Å². The molecule has 0 saturated carbocycles. The van der Waals surface area contributed by atoms with Crippen molar-refractivity contribution in [2.24, 2.45) is 0 Å². The first-order valence-corrected chi connectivity index (χ1v) is 10.8. The van der Waals surface area contributed by atoms with Crippen LogP contribution in [0.15, 0.2) is 35.3 Å². The van der Waals surface area contributed by atoms with Gasteiger partial charge >= 0.3 is 0 Å². The van der Waals surface area contributed by atoms with E-state index in [-0.39, 0.29) is 42.7 Å². The van der Waals surface area contributed by atoms with E-state index in [1.54, 1.807) is 12.1 Å². The molecule has 180 valence electrons. The van der Waals surface area contributed by atoms with Gasteiger partial charge in [-0.2, -0.15) is 5.26 Å². The van der Waals surface area contributed by atoms with Crippen LogP contribution in [-0.4, -0.2) is 45.7 Å². The van der Waals surface area contributed by atoms with Crippen molar-refractivity contribution in [2.45, 2.75) is 31.9 Å². The third-order valence-electron chi connectivity index (χ3n) is 5.82. The molecule has 3 heterocycles. The molecule has 3 aromatic rings. The first-order valence-electron chi connectivity index (χ1n) is 10.8. The largest absolute Gasteiger partial charge is 0.505 e. The molecular weight excluding hydrogens is 457 g/mol. The number of nitrogens with one attached hydrogen (secondary N) is 2. The summed E-state index contributed by atoms with van der Waals surface area (Å²) < 4.78 is 20.7. The second kappa shape index (κ2) is 9.06. The summed E-state index contributed by atoms with van der Waals surface area (Å²) >= 11 is 0. The minimum absolute atomic E-state index is 0.0343. The van der Waals surface area contributed by atoms with Gasteiger partial charge in [-0.25, -0.2) is 4.39 Å². The average Bonchev–Trinajstić information content (AvgIpc) is 2.84. The molecular formula is C24H22FN5O5. The van der Waals surface area contributed by atoms with Crippen molar-refractivity contribution >= 4 is 22.8 Å². The maximum absolute atomic E-state index is 13.4. The molecule has 0 radical (unpaired) electrons. The van der Waals surface area contributed by atoms with Gasteiger partial charge in [-0.1, -0.05) is 12.1 Å². The molecule has 0 aliphatic carbocycles. The number of nitrogens with zero attached hydrogens (tertiary/aromatic N) is 3. The molecule has 0 unspecified atom stereocenters.